The van der Waals surface area contributed by atoms with Gasteiger partial charge in [0.25, 0.3) is 0 Å². The summed E-state index contributed by atoms with van der Waals surface area (Å²) in [7, 11) is 1.41. The van der Waals surface area contributed by atoms with Crippen LogP contribution in [0.5, 0.6) is 5.75 Å². The van der Waals surface area contributed by atoms with Gasteiger partial charge >= 0.3 is 0 Å². The van der Waals surface area contributed by atoms with Crippen molar-refractivity contribution in [3.63, 3.8) is 0 Å². The second-order valence-corrected chi connectivity index (χ2v) is 3.83. The summed E-state index contributed by atoms with van der Waals surface area (Å²) >= 11 is 0. The molecule has 0 N–H and O–H groups in total. The second-order valence-electron chi connectivity index (χ2n) is 3.83. The average molecular weight is 237 g/mol. The SMILES string of the molecule is COc1cc(F)ccc1N1CCC(=O)CC1=O. The van der Waals surface area contributed by atoms with Crippen LogP contribution in [0.4, 0.5) is 10.1 Å². The molecule has 90 valence electrons. The van der Waals surface area contributed by atoms with Gasteiger partial charge < -0.3 is 9.64 Å². The number of carbonyl (C=O) groups is 2. The Kier molecular flexibility index (Phi) is 3.08. The number of nitrogens with zero attached hydrogens (tertiary/aromatic N) is 1. The molecule has 1 aromatic carbocycles. The summed E-state index contributed by atoms with van der Waals surface area (Å²) in [5.41, 5.74) is 0.506. The Morgan fingerprint density at radius 2 is 2.12 bits per heavy atom. The minimum Gasteiger partial charge on any atom is -0.494 e. The summed E-state index contributed by atoms with van der Waals surface area (Å²) in [6, 6.07) is 3.97. The van der Waals surface area contributed by atoms with Crippen LogP contribution in [-0.2, 0) is 9.59 Å². The molecule has 0 spiro atoms. The van der Waals surface area contributed by atoms with Crippen LogP contribution in [0.3, 0.4) is 0 Å². The van der Waals surface area contributed by atoms with Gasteiger partial charge in [-0.1, -0.05) is 0 Å². The lowest BCUT2D eigenvalue weighted by molar-refractivity contribution is -0.128. The quantitative estimate of drug-likeness (QED) is 0.733. The molecule has 17 heavy (non-hydrogen) atoms. The van der Waals surface area contributed by atoms with Crippen molar-refractivity contribution in [2.45, 2.75) is 12.8 Å². The van der Waals surface area contributed by atoms with Gasteiger partial charge in [0.1, 0.15) is 17.3 Å². The molecule has 1 aliphatic heterocycles. The monoisotopic (exact) mass is 237 g/mol. The number of piperidine rings is 1. The van der Waals surface area contributed by atoms with Gasteiger partial charge in [-0.15, -0.1) is 0 Å². The molecule has 1 fully saturated rings. The van der Waals surface area contributed by atoms with E-state index in [1.54, 1.807) is 0 Å². The molecule has 5 heteroatoms. The van der Waals surface area contributed by atoms with Crippen LogP contribution in [-0.4, -0.2) is 25.3 Å². The Hall–Kier alpha value is -1.91. The zero-order valence-corrected chi connectivity index (χ0v) is 9.40. The van der Waals surface area contributed by atoms with Crippen molar-refractivity contribution in [3.8, 4) is 5.75 Å². The third-order valence-corrected chi connectivity index (χ3v) is 2.70. The lowest BCUT2D eigenvalue weighted by Crippen LogP contribution is -2.39. The largest absolute Gasteiger partial charge is 0.494 e. The van der Waals surface area contributed by atoms with E-state index in [0.29, 0.717) is 24.4 Å². The predicted molar refractivity (Wildman–Crippen MR) is 59.5 cm³/mol. The van der Waals surface area contributed by atoms with E-state index in [4.69, 9.17) is 4.74 Å². The van der Waals surface area contributed by atoms with Crippen molar-refractivity contribution in [2.75, 3.05) is 18.6 Å². The zero-order chi connectivity index (χ0) is 12.4. The highest BCUT2D eigenvalue weighted by atomic mass is 19.1. The van der Waals surface area contributed by atoms with E-state index in [1.165, 1.54) is 30.2 Å². The molecular weight excluding hydrogens is 225 g/mol. The molecule has 1 aliphatic rings. The normalized spacial score (nSPS) is 16.2. The fraction of sp³-hybridized carbons (Fsp3) is 0.333. The van der Waals surface area contributed by atoms with Crippen molar-refractivity contribution < 1.29 is 18.7 Å². The molecular formula is C12H12FNO3. The summed E-state index contributed by atoms with van der Waals surface area (Å²) in [6.45, 7) is 0.319. The van der Waals surface area contributed by atoms with E-state index in [2.05, 4.69) is 0 Å². The molecule has 0 bridgehead atoms. The molecule has 0 atom stereocenters. The van der Waals surface area contributed by atoms with Crippen LogP contribution in [0.15, 0.2) is 18.2 Å². The predicted octanol–water partition coefficient (Wildman–Crippen LogP) is 1.53. The molecule has 1 amide bonds. The lowest BCUT2D eigenvalue weighted by atomic mass is 10.1. The highest BCUT2D eigenvalue weighted by Gasteiger charge is 2.26. The van der Waals surface area contributed by atoms with Gasteiger partial charge in [-0.2, -0.15) is 0 Å². The standard InChI is InChI=1S/C12H12FNO3/c1-17-11-6-8(13)2-3-10(11)14-5-4-9(15)7-12(14)16/h2-3,6H,4-5,7H2,1H3. The molecule has 2 rings (SSSR count). The Morgan fingerprint density at radius 3 is 2.76 bits per heavy atom. The highest BCUT2D eigenvalue weighted by Crippen LogP contribution is 2.30. The fourth-order valence-corrected chi connectivity index (χ4v) is 1.84. The summed E-state index contributed by atoms with van der Waals surface area (Å²) in [4.78, 5) is 24.3. The average Bonchev–Trinajstić information content (AvgIpc) is 2.30. The van der Waals surface area contributed by atoms with E-state index in [9.17, 15) is 14.0 Å². The molecule has 0 saturated carbocycles. The van der Waals surface area contributed by atoms with Crippen molar-refractivity contribution >= 4 is 17.4 Å². The molecule has 1 saturated heterocycles. The lowest BCUT2D eigenvalue weighted by Gasteiger charge is -2.27. The maximum absolute atomic E-state index is 13.0. The number of ether oxygens (including phenoxy) is 1. The Balaban J connectivity index is 2.33. The Morgan fingerprint density at radius 1 is 1.35 bits per heavy atom. The number of benzene rings is 1. The first kappa shape index (κ1) is 11.6. The van der Waals surface area contributed by atoms with E-state index < -0.39 is 5.82 Å². The minimum absolute atomic E-state index is 0.0627. The molecule has 1 heterocycles. The first-order valence-electron chi connectivity index (χ1n) is 5.27. The van der Waals surface area contributed by atoms with Crippen molar-refractivity contribution in [2.24, 2.45) is 0 Å². The highest BCUT2D eigenvalue weighted by molar-refractivity contribution is 6.09. The van der Waals surface area contributed by atoms with Gasteiger partial charge in [0.2, 0.25) is 5.91 Å². The number of amides is 1. The summed E-state index contributed by atoms with van der Waals surface area (Å²) < 4.78 is 18.1. The van der Waals surface area contributed by atoms with Crippen LogP contribution >= 0.6 is 0 Å². The van der Waals surface area contributed by atoms with Crippen molar-refractivity contribution in [1.29, 1.82) is 0 Å². The van der Waals surface area contributed by atoms with Crippen LogP contribution < -0.4 is 9.64 Å². The summed E-state index contributed by atoms with van der Waals surface area (Å²) in [5.74, 6) is -0.461. The van der Waals surface area contributed by atoms with Crippen LogP contribution in [0, 0.1) is 5.82 Å². The summed E-state index contributed by atoms with van der Waals surface area (Å²) in [5, 5.41) is 0. The van der Waals surface area contributed by atoms with Gasteiger partial charge in [0.15, 0.2) is 0 Å². The Labute approximate surface area is 98.0 Å². The molecule has 0 aromatic heterocycles. The summed E-state index contributed by atoms with van der Waals surface area (Å²) in [6.07, 6.45) is 0.229. The van der Waals surface area contributed by atoms with E-state index >= 15 is 0 Å². The number of rotatable bonds is 2. The molecule has 0 aliphatic carbocycles. The van der Waals surface area contributed by atoms with Crippen LogP contribution in [0.25, 0.3) is 0 Å². The second kappa shape index (κ2) is 4.53. The van der Waals surface area contributed by atoms with Gasteiger partial charge in [0.05, 0.1) is 19.2 Å². The molecule has 4 nitrogen and oxygen atoms in total. The number of carbonyl (C=O) groups excluding carboxylic acids is 2. The number of halogens is 1. The van der Waals surface area contributed by atoms with Gasteiger partial charge in [-0.3, -0.25) is 9.59 Å². The van der Waals surface area contributed by atoms with Gasteiger partial charge in [-0.05, 0) is 12.1 Å². The third-order valence-electron chi connectivity index (χ3n) is 2.70. The topological polar surface area (TPSA) is 46.6 Å². The maximum atomic E-state index is 13.0. The fourth-order valence-electron chi connectivity index (χ4n) is 1.84. The molecule has 0 unspecified atom stereocenters. The maximum Gasteiger partial charge on any atom is 0.234 e. The third kappa shape index (κ3) is 2.27. The number of methoxy groups -OCH3 is 1. The number of ketones is 1. The van der Waals surface area contributed by atoms with Crippen molar-refractivity contribution in [1.82, 2.24) is 0 Å². The number of hydrogen-bond donors (Lipinski definition) is 0. The van der Waals surface area contributed by atoms with Gasteiger partial charge in [0, 0.05) is 19.0 Å². The van der Waals surface area contributed by atoms with E-state index in [-0.39, 0.29) is 18.1 Å². The van der Waals surface area contributed by atoms with Crippen LogP contribution in [0.2, 0.25) is 0 Å². The molecule has 1 aromatic rings. The smallest absolute Gasteiger partial charge is 0.234 e. The van der Waals surface area contributed by atoms with E-state index in [0.717, 1.165) is 0 Å². The minimum atomic E-state index is -0.425. The number of hydrogen-bond acceptors (Lipinski definition) is 3. The number of Topliss-reactive ketones (excluding diaryl/α,β-unsaturated/α-hetero) is 1. The number of anilines is 1. The first-order chi connectivity index (χ1) is 8.11. The Bertz CT molecular complexity index is 473. The zero-order valence-electron chi connectivity index (χ0n) is 9.40. The van der Waals surface area contributed by atoms with Crippen LogP contribution in [0.1, 0.15) is 12.8 Å². The van der Waals surface area contributed by atoms with E-state index in [1.807, 2.05) is 0 Å². The van der Waals surface area contributed by atoms with Crippen molar-refractivity contribution in [3.05, 3.63) is 24.0 Å². The first-order valence-corrected chi connectivity index (χ1v) is 5.27. The molecule has 0 radical (unpaired) electrons. The van der Waals surface area contributed by atoms with Gasteiger partial charge in [-0.25, -0.2) is 4.39 Å².